The van der Waals surface area contributed by atoms with E-state index in [0.29, 0.717) is 28.0 Å². The van der Waals surface area contributed by atoms with E-state index in [-0.39, 0.29) is 24.2 Å². The first-order valence-electron chi connectivity index (χ1n) is 12.1. The topological polar surface area (TPSA) is 78.9 Å². The van der Waals surface area contributed by atoms with Crippen LogP contribution in [0.15, 0.2) is 84.5 Å². The molecule has 0 spiro atoms. The third kappa shape index (κ3) is 5.73. The Bertz CT molecular complexity index is 1450. The molecule has 0 heterocycles. The van der Waals surface area contributed by atoms with Crippen molar-refractivity contribution < 1.29 is 28.6 Å². The zero-order chi connectivity index (χ0) is 27.4. The van der Waals surface area contributed by atoms with Gasteiger partial charge in [0.25, 0.3) is 0 Å². The third-order valence-corrected chi connectivity index (χ3v) is 7.20. The Labute approximate surface area is 226 Å². The minimum absolute atomic E-state index is 0.108. The Balaban J connectivity index is 1.44. The van der Waals surface area contributed by atoms with Crippen LogP contribution in [-0.2, 0) is 14.3 Å². The maximum Gasteiger partial charge on any atom is 0.343 e. The van der Waals surface area contributed by atoms with E-state index < -0.39 is 11.9 Å². The van der Waals surface area contributed by atoms with Crippen LogP contribution in [0.4, 0.5) is 0 Å². The van der Waals surface area contributed by atoms with Gasteiger partial charge in [0.15, 0.2) is 0 Å². The van der Waals surface area contributed by atoms with Crippen LogP contribution in [0, 0.1) is 6.92 Å². The van der Waals surface area contributed by atoms with E-state index in [1.165, 1.54) is 0 Å². The summed E-state index contributed by atoms with van der Waals surface area (Å²) in [6.07, 6.45) is 1.09. The summed E-state index contributed by atoms with van der Waals surface area (Å²) >= 11 is 1.15. The Morgan fingerprint density at radius 3 is 2.37 bits per heavy atom. The van der Waals surface area contributed by atoms with Crippen LogP contribution in [0.3, 0.4) is 0 Å². The molecular formula is C31H28O6S. The number of ether oxygens (including phenoxy) is 3. The van der Waals surface area contributed by atoms with E-state index >= 15 is 0 Å². The average Bonchev–Trinajstić information content (AvgIpc) is 3.17. The van der Waals surface area contributed by atoms with Crippen molar-refractivity contribution in [1.82, 2.24) is 0 Å². The molecule has 4 rings (SSSR count). The first kappa shape index (κ1) is 26.9. The van der Waals surface area contributed by atoms with Crippen LogP contribution in [0.2, 0.25) is 0 Å². The van der Waals surface area contributed by atoms with Gasteiger partial charge in [0.1, 0.15) is 19.0 Å². The molecule has 38 heavy (non-hydrogen) atoms. The number of benzene rings is 3. The summed E-state index contributed by atoms with van der Waals surface area (Å²) in [6.45, 7) is 12.9. The highest BCUT2D eigenvalue weighted by atomic mass is 32.2. The van der Waals surface area contributed by atoms with Crippen molar-refractivity contribution >= 4 is 28.8 Å². The monoisotopic (exact) mass is 528 g/mol. The summed E-state index contributed by atoms with van der Waals surface area (Å²) in [5, 5.41) is -0.108. The van der Waals surface area contributed by atoms with Gasteiger partial charge in [0.2, 0.25) is 5.12 Å². The minimum Gasteiger partial charge on any atom is -0.490 e. The van der Waals surface area contributed by atoms with Crippen LogP contribution in [-0.4, -0.2) is 30.3 Å². The summed E-state index contributed by atoms with van der Waals surface area (Å²) in [5.41, 5.74) is 6.47. The summed E-state index contributed by atoms with van der Waals surface area (Å²) in [4.78, 5) is 37.3. The van der Waals surface area contributed by atoms with E-state index in [1.807, 2.05) is 30.3 Å². The SMILES string of the molecule is C=COC(=O)c1ccc(C(=O)Sc2ccc3c(c2)C(C)c2cc(OCCOC(=O)C(=C)C)ccc2-3)cc1C. The van der Waals surface area contributed by atoms with Gasteiger partial charge in [-0.3, -0.25) is 4.79 Å². The summed E-state index contributed by atoms with van der Waals surface area (Å²) < 4.78 is 15.7. The molecule has 0 aromatic heterocycles. The molecule has 0 bridgehead atoms. The summed E-state index contributed by atoms with van der Waals surface area (Å²) in [7, 11) is 0. The number of carbonyl (C=O) groups is 3. The fraction of sp³-hybridized carbons (Fsp3) is 0.194. The normalized spacial score (nSPS) is 13.2. The Kier molecular flexibility index (Phi) is 8.17. The number of fused-ring (bicyclic) bond motifs is 3. The molecule has 1 aliphatic rings. The number of rotatable bonds is 9. The fourth-order valence-electron chi connectivity index (χ4n) is 4.35. The molecule has 1 aliphatic carbocycles. The zero-order valence-electron chi connectivity index (χ0n) is 21.5. The van der Waals surface area contributed by atoms with Gasteiger partial charge in [-0.25, -0.2) is 9.59 Å². The predicted octanol–water partition coefficient (Wildman–Crippen LogP) is 6.86. The standard InChI is InChI=1S/C31H28O6S/c1-6-35-30(33)24-10-7-21(15-19(24)4)31(34)38-23-9-12-26-25-11-8-22(16-27(25)20(5)28(26)17-23)36-13-14-37-29(32)18(2)3/h6-12,15-17,20H,1-2,13-14H2,3-5H3. The first-order valence-corrected chi connectivity index (χ1v) is 12.9. The quantitative estimate of drug-likeness (QED) is 0.0987. The molecule has 1 unspecified atom stereocenters. The third-order valence-electron chi connectivity index (χ3n) is 6.29. The van der Waals surface area contributed by atoms with E-state index in [9.17, 15) is 14.4 Å². The maximum absolute atomic E-state index is 13.0. The average molecular weight is 529 g/mol. The second-order valence-electron chi connectivity index (χ2n) is 8.98. The second-order valence-corrected chi connectivity index (χ2v) is 10.0. The number of hydrogen-bond acceptors (Lipinski definition) is 7. The highest BCUT2D eigenvalue weighted by Crippen LogP contribution is 2.47. The van der Waals surface area contributed by atoms with E-state index in [0.717, 1.165) is 45.2 Å². The summed E-state index contributed by atoms with van der Waals surface area (Å²) in [6, 6.07) is 16.9. The highest BCUT2D eigenvalue weighted by Gasteiger charge is 2.26. The van der Waals surface area contributed by atoms with Crippen molar-refractivity contribution in [1.29, 1.82) is 0 Å². The molecule has 0 fully saturated rings. The lowest BCUT2D eigenvalue weighted by atomic mass is 9.99. The van der Waals surface area contributed by atoms with Gasteiger partial charge >= 0.3 is 11.9 Å². The molecule has 0 radical (unpaired) electrons. The van der Waals surface area contributed by atoms with Crippen LogP contribution < -0.4 is 4.74 Å². The minimum atomic E-state index is -0.504. The lowest BCUT2D eigenvalue weighted by Gasteiger charge is -2.11. The molecule has 0 saturated heterocycles. The van der Waals surface area contributed by atoms with Gasteiger partial charge in [-0.1, -0.05) is 32.2 Å². The van der Waals surface area contributed by atoms with Crippen LogP contribution in [0.1, 0.15) is 57.2 Å². The van der Waals surface area contributed by atoms with Crippen molar-refractivity contribution in [3.05, 3.63) is 107 Å². The molecule has 0 saturated carbocycles. The largest absolute Gasteiger partial charge is 0.490 e. The van der Waals surface area contributed by atoms with Gasteiger partial charge in [-0.15, -0.1) is 0 Å². The van der Waals surface area contributed by atoms with E-state index in [1.54, 1.807) is 32.0 Å². The van der Waals surface area contributed by atoms with Gasteiger partial charge in [0.05, 0.1) is 11.8 Å². The van der Waals surface area contributed by atoms with Crippen molar-refractivity contribution in [2.45, 2.75) is 31.6 Å². The van der Waals surface area contributed by atoms with Crippen LogP contribution in [0.5, 0.6) is 5.75 Å². The van der Waals surface area contributed by atoms with Crippen LogP contribution >= 0.6 is 11.8 Å². The number of aryl methyl sites for hydroxylation is 1. The Morgan fingerprint density at radius 1 is 0.974 bits per heavy atom. The molecule has 7 heteroatoms. The summed E-state index contributed by atoms with van der Waals surface area (Å²) in [5.74, 6) is -0.108. The molecular weight excluding hydrogens is 500 g/mol. The Morgan fingerprint density at radius 2 is 1.68 bits per heavy atom. The van der Waals surface area contributed by atoms with Gasteiger partial charge in [-0.05, 0) is 95.9 Å². The smallest absolute Gasteiger partial charge is 0.343 e. The molecule has 1 atom stereocenters. The van der Waals surface area contributed by atoms with Crippen molar-refractivity contribution in [2.75, 3.05) is 13.2 Å². The van der Waals surface area contributed by atoms with E-state index in [4.69, 9.17) is 14.2 Å². The van der Waals surface area contributed by atoms with Crippen molar-refractivity contribution in [3.63, 3.8) is 0 Å². The first-order chi connectivity index (χ1) is 18.2. The van der Waals surface area contributed by atoms with Gasteiger partial charge < -0.3 is 14.2 Å². The number of esters is 2. The molecule has 194 valence electrons. The molecule has 6 nitrogen and oxygen atoms in total. The van der Waals surface area contributed by atoms with E-state index in [2.05, 4.69) is 26.1 Å². The van der Waals surface area contributed by atoms with Crippen molar-refractivity contribution in [3.8, 4) is 16.9 Å². The number of thioether (sulfide) groups is 1. The maximum atomic E-state index is 13.0. The van der Waals surface area contributed by atoms with Crippen LogP contribution in [0.25, 0.3) is 11.1 Å². The van der Waals surface area contributed by atoms with Gasteiger partial charge in [-0.2, -0.15) is 0 Å². The molecule has 3 aromatic rings. The molecule has 0 amide bonds. The second kappa shape index (κ2) is 11.5. The lowest BCUT2D eigenvalue weighted by molar-refractivity contribution is -0.139. The Hall–Kier alpha value is -4.10. The fourth-order valence-corrected chi connectivity index (χ4v) is 5.13. The van der Waals surface area contributed by atoms with Gasteiger partial charge in [0, 0.05) is 21.9 Å². The predicted molar refractivity (Wildman–Crippen MR) is 148 cm³/mol. The lowest BCUT2D eigenvalue weighted by Crippen LogP contribution is -2.12. The number of carbonyl (C=O) groups excluding carboxylic acids is 3. The molecule has 3 aromatic carbocycles. The number of hydrogen-bond donors (Lipinski definition) is 0. The highest BCUT2D eigenvalue weighted by molar-refractivity contribution is 8.14. The van der Waals surface area contributed by atoms with Crippen molar-refractivity contribution in [2.24, 2.45) is 0 Å². The molecule has 0 N–H and O–H groups in total. The molecule has 0 aliphatic heterocycles. The zero-order valence-corrected chi connectivity index (χ0v) is 22.4.